The number of benzene rings is 1. The SMILES string of the molecule is Cc1cc(Nc2cccc(F)c2)cc(C2CCN(S(=O)(=O)c3c(C)noc3C)C2)n1. The van der Waals surface area contributed by atoms with E-state index >= 15 is 0 Å². The number of halogens is 1. The van der Waals surface area contributed by atoms with Crippen LogP contribution in [-0.4, -0.2) is 36.0 Å². The number of aromatic nitrogens is 2. The summed E-state index contributed by atoms with van der Waals surface area (Å²) in [4.78, 5) is 4.77. The third-order valence-corrected chi connectivity index (χ3v) is 7.33. The maximum Gasteiger partial charge on any atom is 0.248 e. The van der Waals surface area contributed by atoms with Gasteiger partial charge in [-0.25, -0.2) is 12.8 Å². The number of hydrogen-bond acceptors (Lipinski definition) is 6. The zero-order valence-electron chi connectivity index (χ0n) is 17.0. The molecule has 1 atom stereocenters. The molecule has 0 bridgehead atoms. The van der Waals surface area contributed by atoms with Crippen LogP contribution in [0.2, 0.25) is 0 Å². The first-order valence-electron chi connectivity index (χ1n) is 9.68. The highest BCUT2D eigenvalue weighted by molar-refractivity contribution is 7.89. The maximum atomic E-state index is 13.5. The fraction of sp³-hybridized carbons (Fsp3) is 0.333. The summed E-state index contributed by atoms with van der Waals surface area (Å²) in [7, 11) is -3.68. The Balaban J connectivity index is 1.56. The van der Waals surface area contributed by atoms with Crippen LogP contribution in [0.3, 0.4) is 0 Å². The Morgan fingerprint density at radius 2 is 1.97 bits per heavy atom. The first kappa shape index (κ1) is 20.5. The average Bonchev–Trinajstić information content (AvgIpc) is 3.29. The van der Waals surface area contributed by atoms with Gasteiger partial charge in [0.05, 0.1) is 0 Å². The minimum Gasteiger partial charge on any atom is -0.360 e. The minimum absolute atomic E-state index is 0.0341. The Hall–Kier alpha value is -2.78. The molecule has 4 rings (SSSR count). The van der Waals surface area contributed by atoms with Crippen molar-refractivity contribution < 1.29 is 17.3 Å². The van der Waals surface area contributed by atoms with Crippen molar-refractivity contribution in [1.29, 1.82) is 0 Å². The van der Waals surface area contributed by atoms with Gasteiger partial charge in [-0.2, -0.15) is 4.31 Å². The number of anilines is 2. The Kier molecular flexibility index (Phi) is 5.33. The molecule has 7 nitrogen and oxygen atoms in total. The van der Waals surface area contributed by atoms with Crippen LogP contribution in [0.4, 0.5) is 15.8 Å². The van der Waals surface area contributed by atoms with Crippen LogP contribution in [-0.2, 0) is 10.0 Å². The van der Waals surface area contributed by atoms with Gasteiger partial charge in [-0.05, 0) is 57.5 Å². The lowest BCUT2D eigenvalue weighted by molar-refractivity contribution is 0.389. The third kappa shape index (κ3) is 3.95. The van der Waals surface area contributed by atoms with Gasteiger partial charge in [0.2, 0.25) is 10.0 Å². The molecule has 1 aliphatic rings. The van der Waals surface area contributed by atoms with E-state index in [1.807, 2.05) is 19.1 Å². The van der Waals surface area contributed by atoms with E-state index in [-0.39, 0.29) is 16.6 Å². The van der Waals surface area contributed by atoms with E-state index < -0.39 is 10.0 Å². The monoisotopic (exact) mass is 430 g/mol. The molecule has 1 saturated heterocycles. The van der Waals surface area contributed by atoms with Gasteiger partial charge in [0, 0.05) is 41.8 Å². The standard InChI is InChI=1S/C21H23FN4O3S/c1-13-9-19(24-18-6-4-5-17(22)10-18)11-20(23-13)16-7-8-26(12-16)30(27,28)21-14(2)25-29-15(21)3/h4-6,9-11,16H,7-8,12H2,1-3H3,(H,23,24). The van der Waals surface area contributed by atoms with E-state index in [1.165, 1.54) is 16.4 Å². The number of aryl methyl sites for hydroxylation is 3. The summed E-state index contributed by atoms with van der Waals surface area (Å²) >= 11 is 0. The molecule has 1 unspecified atom stereocenters. The van der Waals surface area contributed by atoms with Crippen molar-refractivity contribution in [3.63, 3.8) is 0 Å². The highest BCUT2D eigenvalue weighted by Crippen LogP contribution is 2.33. The Bertz CT molecular complexity index is 1170. The normalized spacial score (nSPS) is 17.4. The molecular weight excluding hydrogens is 407 g/mol. The van der Waals surface area contributed by atoms with Gasteiger partial charge in [0.1, 0.15) is 16.4 Å². The summed E-state index contributed by atoms with van der Waals surface area (Å²) in [5, 5.41) is 6.97. The molecule has 1 aliphatic heterocycles. The molecule has 1 fully saturated rings. The van der Waals surface area contributed by atoms with Crippen molar-refractivity contribution in [3.05, 3.63) is 65.1 Å². The number of nitrogens with zero attached hydrogens (tertiary/aromatic N) is 3. The molecule has 0 spiro atoms. The summed E-state index contributed by atoms with van der Waals surface area (Å²) in [5.41, 5.74) is 3.41. The summed E-state index contributed by atoms with van der Waals surface area (Å²) < 4.78 is 46.1. The maximum absolute atomic E-state index is 13.5. The number of nitrogens with one attached hydrogen (secondary N) is 1. The van der Waals surface area contributed by atoms with Gasteiger partial charge in [-0.3, -0.25) is 4.98 Å². The molecule has 0 saturated carbocycles. The highest BCUT2D eigenvalue weighted by atomic mass is 32.2. The molecule has 9 heteroatoms. The molecule has 3 aromatic rings. The van der Waals surface area contributed by atoms with Gasteiger partial charge in [-0.1, -0.05) is 11.2 Å². The van der Waals surface area contributed by atoms with E-state index in [0.29, 0.717) is 36.7 Å². The first-order chi connectivity index (χ1) is 14.2. The molecular formula is C21H23FN4O3S. The van der Waals surface area contributed by atoms with Gasteiger partial charge in [-0.15, -0.1) is 0 Å². The van der Waals surface area contributed by atoms with E-state index in [9.17, 15) is 12.8 Å². The minimum atomic E-state index is -3.68. The van der Waals surface area contributed by atoms with Gasteiger partial charge in [0.15, 0.2) is 5.76 Å². The van der Waals surface area contributed by atoms with E-state index in [1.54, 1.807) is 26.0 Å². The molecule has 1 N–H and O–H groups in total. The van der Waals surface area contributed by atoms with Crippen molar-refractivity contribution in [3.8, 4) is 0 Å². The first-order valence-corrected chi connectivity index (χ1v) is 11.1. The van der Waals surface area contributed by atoms with Crippen LogP contribution < -0.4 is 5.32 Å². The topological polar surface area (TPSA) is 88.3 Å². The zero-order valence-corrected chi connectivity index (χ0v) is 17.8. The van der Waals surface area contributed by atoms with Crippen molar-refractivity contribution >= 4 is 21.4 Å². The Morgan fingerprint density at radius 3 is 2.67 bits per heavy atom. The van der Waals surface area contributed by atoms with Crippen LogP contribution >= 0.6 is 0 Å². The fourth-order valence-electron chi connectivity index (χ4n) is 3.87. The van der Waals surface area contributed by atoms with E-state index in [0.717, 1.165) is 17.1 Å². The summed E-state index contributed by atoms with van der Waals surface area (Å²) in [6.45, 7) is 5.85. The Morgan fingerprint density at radius 1 is 1.17 bits per heavy atom. The second kappa shape index (κ2) is 7.81. The van der Waals surface area contributed by atoms with Crippen molar-refractivity contribution in [1.82, 2.24) is 14.4 Å². The van der Waals surface area contributed by atoms with Gasteiger partial charge >= 0.3 is 0 Å². The number of sulfonamides is 1. The lowest BCUT2D eigenvalue weighted by Crippen LogP contribution is -2.29. The van der Waals surface area contributed by atoms with Crippen molar-refractivity contribution in [2.45, 2.75) is 38.0 Å². The molecule has 1 aromatic carbocycles. The van der Waals surface area contributed by atoms with Crippen LogP contribution in [0, 0.1) is 26.6 Å². The predicted octanol–water partition coefficient (Wildman–Crippen LogP) is 4.06. The summed E-state index contributed by atoms with van der Waals surface area (Å²) in [5.74, 6) is -0.0543. The predicted molar refractivity (Wildman–Crippen MR) is 111 cm³/mol. The van der Waals surface area contributed by atoms with E-state index in [4.69, 9.17) is 4.52 Å². The summed E-state index contributed by atoms with van der Waals surface area (Å²) in [6.07, 6.45) is 0.665. The molecule has 30 heavy (non-hydrogen) atoms. The number of pyridine rings is 1. The lowest BCUT2D eigenvalue weighted by atomic mass is 10.0. The molecule has 0 radical (unpaired) electrons. The van der Waals surface area contributed by atoms with E-state index in [2.05, 4.69) is 15.5 Å². The van der Waals surface area contributed by atoms with Gasteiger partial charge < -0.3 is 9.84 Å². The van der Waals surface area contributed by atoms with Gasteiger partial charge in [0.25, 0.3) is 0 Å². The molecule has 2 aromatic heterocycles. The zero-order chi connectivity index (χ0) is 21.5. The average molecular weight is 431 g/mol. The molecule has 0 aliphatic carbocycles. The van der Waals surface area contributed by atoms with Crippen LogP contribution in [0.1, 0.15) is 35.2 Å². The van der Waals surface area contributed by atoms with Crippen LogP contribution in [0.5, 0.6) is 0 Å². The highest BCUT2D eigenvalue weighted by Gasteiger charge is 2.37. The van der Waals surface area contributed by atoms with Crippen LogP contribution in [0.25, 0.3) is 0 Å². The fourth-order valence-corrected chi connectivity index (χ4v) is 5.66. The summed E-state index contributed by atoms with van der Waals surface area (Å²) in [6, 6.07) is 10.0. The molecule has 3 heterocycles. The molecule has 158 valence electrons. The Labute approximate surface area is 175 Å². The second-order valence-corrected chi connectivity index (χ2v) is 9.43. The number of hydrogen-bond donors (Lipinski definition) is 1. The smallest absolute Gasteiger partial charge is 0.248 e. The quantitative estimate of drug-likeness (QED) is 0.657. The number of rotatable bonds is 5. The van der Waals surface area contributed by atoms with Crippen molar-refractivity contribution in [2.24, 2.45) is 0 Å². The largest absolute Gasteiger partial charge is 0.360 e. The lowest BCUT2D eigenvalue weighted by Gasteiger charge is -2.17. The van der Waals surface area contributed by atoms with Crippen molar-refractivity contribution in [2.75, 3.05) is 18.4 Å². The third-order valence-electron chi connectivity index (χ3n) is 5.22. The van der Waals surface area contributed by atoms with Crippen LogP contribution in [0.15, 0.2) is 45.8 Å². The molecule has 0 amide bonds. The second-order valence-electron chi connectivity index (χ2n) is 7.56.